The molecule has 0 saturated carbocycles. The van der Waals surface area contributed by atoms with Crippen LogP contribution in [0.5, 0.6) is 0 Å². The number of hydrogen-bond acceptors (Lipinski definition) is 4. The largest absolute Gasteiger partial charge is 0.359 e. The zero-order valence-electron chi connectivity index (χ0n) is 16.5. The third-order valence-electron chi connectivity index (χ3n) is 5.67. The van der Waals surface area contributed by atoms with E-state index in [0.29, 0.717) is 16.8 Å². The van der Waals surface area contributed by atoms with Crippen molar-refractivity contribution in [2.75, 3.05) is 49.5 Å². The Kier molecular flexibility index (Phi) is 5.31. The number of fused-ring (bicyclic) bond motifs is 1. The number of anilines is 2. The maximum atomic E-state index is 12.7. The van der Waals surface area contributed by atoms with E-state index in [1.54, 1.807) is 29.2 Å². The molecule has 2 heterocycles. The first kappa shape index (κ1) is 19.1. The third-order valence-corrected chi connectivity index (χ3v) is 5.67. The van der Waals surface area contributed by atoms with Gasteiger partial charge in [-0.15, -0.1) is 0 Å². The summed E-state index contributed by atoms with van der Waals surface area (Å²) in [6.45, 7) is 6.99. The molecule has 2 N–H and O–H groups in total. The predicted molar refractivity (Wildman–Crippen MR) is 110 cm³/mol. The van der Waals surface area contributed by atoms with Gasteiger partial charge in [-0.05, 0) is 31.2 Å². The molecule has 1 saturated heterocycles. The Morgan fingerprint density at radius 1 is 0.966 bits per heavy atom. The number of imide groups is 1. The van der Waals surface area contributed by atoms with Crippen molar-refractivity contribution in [1.29, 1.82) is 0 Å². The van der Waals surface area contributed by atoms with Gasteiger partial charge in [0.25, 0.3) is 11.8 Å². The van der Waals surface area contributed by atoms with Gasteiger partial charge in [-0.2, -0.15) is 0 Å². The predicted octanol–water partition coefficient (Wildman–Crippen LogP) is 0.646. The van der Waals surface area contributed by atoms with Crippen LogP contribution in [0.1, 0.15) is 27.6 Å². The van der Waals surface area contributed by atoms with Gasteiger partial charge in [0, 0.05) is 0 Å². The summed E-state index contributed by atoms with van der Waals surface area (Å²) in [4.78, 5) is 42.5. The van der Waals surface area contributed by atoms with Crippen LogP contribution in [-0.4, -0.2) is 61.9 Å². The van der Waals surface area contributed by atoms with Gasteiger partial charge in [0.05, 0.1) is 55.2 Å². The van der Waals surface area contributed by atoms with E-state index in [1.165, 1.54) is 0 Å². The van der Waals surface area contributed by atoms with Gasteiger partial charge >= 0.3 is 0 Å². The number of nitrogens with one attached hydrogen (secondary N) is 2. The molecule has 7 heteroatoms. The molecule has 1 fully saturated rings. The first-order valence-corrected chi connectivity index (χ1v) is 10.0. The molecule has 0 atom stereocenters. The summed E-state index contributed by atoms with van der Waals surface area (Å²) in [5, 5.41) is 2.89. The van der Waals surface area contributed by atoms with Gasteiger partial charge in [-0.3, -0.25) is 19.3 Å². The Hall–Kier alpha value is -3.19. The lowest BCUT2D eigenvalue weighted by Crippen LogP contribution is -3.14. The van der Waals surface area contributed by atoms with Crippen molar-refractivity contribution in [3.63, 3.8) is 0 Å². The number of nitrogens with zero attached hydrogens (tertiary/aromatic N) is 2. The molecular formula is C22H25N4O3+. The number of piperazine rings is 1. The lowest BCUT2D eigenvalue weighted by atomic mass is 10.1. The molecule has 4 rings (SSSR count). The SMILES string of the molecule is CC[NH+]1CCN(c2ccccc2NC(=O)CN2C(=O)c3ccccc3C2=O)CC1. The third kappa shape index (κ3) is 3.73. The summed E-state index contributed by atoms with van der Waals surface area (Å²) in [5.74, 6) is -1.23. The minimum absolute atomic E-state index is 0.297. The van der Waals surface area contributed by atoms with E-state index in [9.17, 15) is 14.4 Å². The minimum Gasteiger partial charge on any atom is -0.359 e. The molecule has 2 aliphatic rings. The van der Waals surface area contributed by atoms with E-state index < -0.39 is 11.8 Å². The van der Waals surface area contributed by atoms with Crippen molar-refractivity contribution in [2.45, 2.75) is 6.92 Å². The number of benzene rings is 2. The fraction of sp³-hybridized carbons (Fsp3) is 0.318. The van der Waals surface area contributed by atoms with Gasteiger partial charge in [0.2, 0.25) is 5.91 Å². The molecule has 0 bridgehead atoms. The van der Waals surface area contributed by atoms with Crippen molar-refractivity contribution >= 4 is 29.1 Å². The summed E-state index contributed by atoms with van der Waals surface area (Å²) in [6, 6.07) is 14.3. The highest BCUT2D eigenvalue weighted by atomic mass is 16.2. The van der Waals surface area contributed by atoms with E-state index in [4.69, 9.17) is 0 Å². The lowest BCUT2D eigenvalue weighted by Gasteiger charge is -2.34. The molecule has 2 aliphatic heterocycles. The number of carbonyl (C=O) groups is 3. The highest BCUT2D eigenvalue weighted by molar-refractivity contribution is 6.22. The number of quaternary nitrogens is 1. The number of rotatable bonds is 5. The Morgan fingerprint density at radius 2 is 1.55 bits per heavy atom. The average molecular weight is 393 g/mol. The Labute approximate surface area is 169 Å². The molecule has 0 unspecified atom stereocenters. The van der Waals surface area contributed by atoms with E-state index >= 15 is 0 Å². The first-order chi connectivity index (χ1) is 14.1. The number of carbonyl (C=O) groups excluding carboxylic acids is 3. The molecule has 150 valence electrons. The fourth-order valence-electron chi connectivity index (χ4n) is 3.99. The van der Waals surface area contributed by atoms with Crippen LogP contribution in [0.2, 0.25) is 0 Å². The van der Waals surface area contributed by atoms with E-state index in [0.717, 1.165) is 43.3 Å². The van der Waals surface area contributed by atoms with Gasteiger partial charge < -0.3 is 15.1 Å². The van der Waals surface area contributed by atoms with Gasteiger partial charge in [-0.1, -0.05) is 24.3 Å². The zero-order valence-corrected chi connectivity index (χ0v) is 16.5. The first-order valence-electron chi connectivity index (χ1n) is 10.0. The number of amides is 3. The highest BCUT2D eigenvalue weighted by Crippen LogP contribution is 2.26. The molecular weight excluding hydrogens is 368 g/mol. The Morgan fingerprint density at radius 3 is 2.17 bits per heavy atom. The van der Waals surface area contributed by atoms with Crippen LogP contribution < -0.4 is 15.1 Å². The molecule has 2 aromatic carbocycles. The summed E-state index contributed by atoms with van der Waals surface area (Å²) < 4.78 is 0. The second-order valence-corrected chi connectivity index (χ2v) is 7.40. The van der Waals surface area contributed by atoms with Crippen LogP contribution in [0.15, 0.2) is 48.5 Å². The molecule has 0 radical (unpaired) electrons. The van der Waals surface area contributed by atoms with Crippen LogP contribution in [-0.2, 0) is 4.79 Å². The van der Waals surface area contributed by atoms with Crippen molar-refractivity contribution in [1.82, 2.24) is 4.90 Å². The average Bonchev–Trinajstić information content (AvgIpc) is 2.99. The molecule has 29 heavy (non-hydrogen) atoms. The molecule has 0 aromatic heterocycles. The Bertz CT molecular complexity index is 916. The summed E-state index contributed by atoms with van der Waals surface area (Å²) in [6.07, 6.45) is 0. The second kappa shape index (κ2) is 8.05. The number of para-hydroxylation sites is 2. The van der Waals surface area contributed by atoms with Crippen LogP contribution in [0.25, 0.3) is 0 Å². The van der Waals surface area contributed by atoms with E-state index in [2.05, 4.69) is 17.1 Å². The van der Waals surface area contributed by atoms with Gasteiger partial charge in [-0.25, -0.2) is 0 Å². The second-order valence-electron chi connectivity index (χ2n) is 7.40. The maximum absolute atomic E-state index is 12.7. The fourth-order valence-corrected chi connectivity index (χ4v) is 3.99. The van der Waals surface area contributed by atoms with Crippen LogP contribution in [0.4, 0.5) is 11.4 Å². The molecule has 7 nitrogen and oxygen atoms in total. The normalized spacial score (nSPS) is 16.9. The van der Waals surface area contributed by atoms with E-state index in [-0.39, 0.29) is 12.5 Å². The maximum Gasteiger partial charge on any atom is 0.262 e. The zero-order chi connectivity index (χ0) is 20.4. The number of likely N-dealkylation sites (N-methyl/N-ethyl adjacent to an activating group) is 1. The standard InChI is InChI=1S/C22H24N4O3/c1-2-24-11-13-25(14-12-24)19-10-6-5-9-18(19)23-20(27)15-26-21(28)16-7-3-4-8-17(16)22(26)29/h3-10H,2,11-15H2,1H3,(H,23,27)/p+1. The van der Waals surface area contributed by atoms with Crippen molar-refractivity contribution < 1.29 is 19.3 Å². The van der Waals surface area contributed by atoms with Crippen molar-refractivity contribution in [2.24, 2.45) is 0 Å². The Balaban J connectivity index is 1.45. The topological polar surface area (TPSA) is 74.2 Å². The van der Waals surface area contributed by atoms with Crippen molar-refractivity contribution in [3.05, 3.63) is 59.7 Å². The summed E-state index contributed by atoms with van der Waals surface area (Å²) >= 11 is 0. The smallest absolute Gasteiger partial charge is 0.262 e. The minimum atomic E-state index is -0.423. The van der Waals surface area contributed by atoms with Crippen LogP contribution in [0, 0.1) is 0 Å². The quantitative estimate of drug-likeness (QED) is 0.732. The van der Waals surface area contributed by atoms with Crippen molar-refractivity contribution in [3.8, 4) is 0 Å². The van der Waals surface area contributed by atoms with Gasteiger partial charge in [0.15, 0.2) is 0 Å². The lowest BCUT2D eigenvalue weighted by molar-refractivity contribution is -0.898. The summed E-state index contributed by atoms with van der Waals surface area (Å²) in [7, 11) is 0. The number of hydrogen-bond donors (Lipinski definition) is 2. The summed E-state index contributed by atoms with van der Waals surface area (Å²) in [5.41, 5.74) is 2.37. The van der Waals surface area contributed by atoms with Crippen LogP contribution >= 0.6 is 0 Å². The molecule has 0 spiro atoms. The monoisotopic (exact) mass is 393 g/mol. The molecule has 2 aromatic rings. The van der Waals surface area contributed by atoms with Crippen LogP contribution in [0.3, 0.4) is 0 Å². The molecule has 0 aliphatic carbocycles. The van der Waals surface area contributed by atoms with E-state index in [1.807, 2.05) is 24.3 Å². The molecule has 3 amide bonds. The van der Waals surface area contributed by atoms with Gasteiger partial charge in [0.1, 0.15) is 6.54 Å². The highest BCUT2D eigenvalue weighted by Gasteiger charge is 2.36.